The summed E-state index contributed by atoms with van der Waals surface area (Å²) in [6, 6.07) is 7.83. The van der Waals surface area contributed by atoms with E-state index in [0.29, 0.717) is 43.7 Å². The van der Waals surface area contributed by atoms with Crippen LogP contribution in [-0.2, 0) is 19.8 Å². The highest BCUT2D eigenvalue weighted by molar-refractivity contribution is 6.30. The molecule has 0 radical (unpaired) electrons. The van der Waals surface area contributed by atoms with Crippen molar-refractivity contribution in [3.63, 3.8) is 0 Å². The molecule has 4 atom stereocenters. The molecule has 0 aromatic heterocycles. The average molecular weight is 539 g/mol. The third-order valence-corrected chi connectivity index (χ3v) is 7.86. The van der Waals surface area contributed by atoms with E-state index in [1.165, 1.54) is 13.5 Å². The first-order chi connectivity index (χ1) is 17.9. The molecule has 2 saturated heterocycles. The Morgan fingerprint density at radius 2 is 2.11 bits per heavy atom. The summed E-state index contributed by atoms with van der Waals surface area (Å²) < 4.78 is 16.7. The number of halogens is 1. The Morgan fingerprint density at radius 3 is 2.81 bits per heavy atom. The fraction of sp³-hybridized carbons (Fsp3) is 0.704. The molecule has 3 amide bonds. The van der Waals surface area contributed by atoms with Crippen molar-refractivity contribution in [2.45, 2.75) is 50.7 Å². The predicted molar refractivity (Wildman–Crippen MR) is 144 cm³/mol. The number of nitrogens with one attached hydrogen (secondary N) is 3. The third-order valence-electron chi connectivity index (χ3n) is 7.62. The molecular formula is C27H43ClN4O5. The zero-order valence-electron chi connectivity index (χ0n) is 22.4. The number of likely N-dealkylation sites (tertiary alicyclic amines) is 1. The molecule has 0 saturated carbocycles. The van der Waals surface area contributed by atoms with Gasteiger partial charge in [0.2, 0.25) is 0 Å². The summed E-state index contributed by atoms with van der Waals surface area (Å²) >= 11 is 6.33. The lowest BCUT2D eigenvalue weighted by Gasteiger charge is -2.43. The summed E-state index contributed by atoms with van der Waals surface area (Å²) in [5.74, 6) is 0.592. The molecule has 0 bridgehead atoms. The van der Waals surface area contributed by atoms with E-state index in [1.54, 1.807) is 0 Å². The average Bonchev–Trinajstić information content (AvgIpc) is 2.93. The molecule has 2 fully saturated rings. The van der Waals surface area contributed by atoms with E-state index in [9.17, 15) is 9.59 Å². The summed E-state index contributed by atoms with van der Waals surface area (Å²) in [7, 11) is 3.28. The van der Waals surface area contributed by atoms with Gasteiger partial charge in [0.05, 0.1) is 19.3 Å². The van der Waals surface area contributed by atoms with Crippen LogP contribution in [0.4, 0.5) is 9.59 Å². The van der Waals surface area contributed by atoms with Gasteiger partial charge in [-0.2, -0.15) is 0 Å². The van der Waals surface area contributed by atoms with E-state index in [0.717, 1.165) is 44.5 Å². The van der Waals surface area contributed by atoms with E-state index in [-0.39, 0.29) is 18.0 Å². The van der Waals surface area contributed by atoms with Crippen molar-refractivity contribution in [3.8, 4) is 0 Å². The lowest BCUT2D eigenvalue weighted by Crippen LogP contribution is -2.52. The highest BCUT2D eigenvalue weighted by Gasteiger charge is 2.40. The van der Waals surface area contributed by atoms with Crippen molar-refractivity contribution in [3.05, 3.63) is 34.9 Å². The minimum absolute atomic E-state index is 0.0503. The first-order valence-electron chi connectivity index (χ1n) is 13.3. The van der Waals surface area contributed by atoms with E-state index >= 15 is 0 Å². The molecule has 3 N–H and O–H groups in total. The largest absolute Gasteiger partial charge is 0.453 e. The summed E-state index contributed by atoms with van der Waals surface area (Å²) in [5, 5.41) is 9.78. The Labute approximate surface area is 225 Å². The standard InChI is InChI=1S/C27H43ClN4O5/c1-27(21-8-4-10-23(28)16-21,37-14-11-30-26(34)35-3)22-9-5-12-32(18-22)25(33)31-17-24(29-2)15-20-7-6-13-36-19-20/h4,8,10,16,20,22,24,29H,5-7,9,11-15,17-19H2,1-3H3,(H,30,34)(H,31,33)/t20-,22-,24+,27+/m1/s1. The predicted octanol–water partition coefficient (Wildman–Crippen LogP) is 3.75. The molecule has 1 aromatic rings. The fourth-order valence-corrected chi connectivity index (χ4v) is 5.55. The van der Waals surface area contributed by atoms with Crippen molar-refractivity contribution < 1.29 is 23.8 Å². The van der Waals surface area contributed by atoms with E-state index in [4.69, 9.17) is 21.1 Å². The molecule has 3 rings (SSSR count). The van der Waals surface area contributed by atoms with Crippen LogP contribution in [0, 0.1) is 11.8 Å². The number of hydrogen-bond acceptors (Lipinski definition) is 6. The van der Waals surface area contributed by atoms with Crippen LogP contribution in [0.5, 0.6) is 0 Å². The Hall–Kier alpha value is -2.07. The fourth-order valence-electron chi connectivity index (χ4n) is 5.35. The molecule has 2 aliphatic rings. The van der Waals surface area contributed by atoms with E-state index in [1.807, 2.05) is 43.1 Å². The van der Waals surface area contributed by atoms with Gasteiger partial charge in [0.25, 0.3) is 0 Å². The second-order valence-electron chi connectivity index (χ2n) is 10.2. The van der Waals surface area contributed by atoms with Gasteiger partial charge in [-0.25, -0.2) is 9.59 Å². The number of benzene rings is 1. The van der Waals surface area contributed by atoms with Crippen LogP contribution in [0.25, 0.3) is 0 Å². The van der Waals surface area contributed by atoms with Gasteiger partial charge in [-0.15, -0.1) is 0 Å². The Balaban J connectivity index is 1.61. The number of methoxy groups -OCH3 is 1. The first-order valence-corrected chi connectivity index (χ1v) is 13.7. The van der Waals surface area contributed by atoms with Gasteiger partial charge in [-0.1, -0.05) is 23.7 Å². The highest BCUT2D eigenvalue weighted by atomic mass is 35.5. The number of amides is 3. The Bertz CT molecular complexity index is 869. The van der Waals surface area contributed by atoms with Crippen molar-refractivity contribution in [1.29, 1.82) is 0 Å². The SMILES string of the molecule is CN[C@H](CNC(=O)N1CCC[C@@H]([C@@](C)(OCCNC(=O)OC)c2cccc(Cl)c2)C1)C[C@H]1CCCOC1. The van der Waals surface area contributed by atoms with Crippen LogP contribution in [0.1, 0.15) is 44.6 Å². The molecule has 0 aliphatic carbocycles. The van der Waals surface area contributed by atoms with Gasteiger partial charge in [0.1, 0.15) is 0 Å². The minimum atomic E-state index is -0.684. The smallest absolute Gasteiger partial charge is 0.406 e. The lowest BCUT2D eigenvalue weighted by atomic mass is 9.78. The lowest BCUT2D eigenvalue weighted by molar-refractivity contribution is -0.0925. The van der Waals surface area contributed by atoms with E-state index < -0.39 is 11.7 Å². The molecule has 37 heavy (non-hydrogen) atoms. The van der Waals surface area contributed by atoms with Crippen LogP contribution < -0.4 is 16.0 Å². The summed E-state index contributed by atoms with van der Waals surface area (Å²) in [4.78, 5) is 26.5. The Kier molecular flexibility index (Phi) is 11.8. The summed E-state index contributed by atoms with van der Waals surface area (Å²) in [5.41, 5.74) is 0.270. The molecule has 208 valence electrons. The molecule has 1 aromatic carbocycles. The number of rotatable bonds is 11. The number of ether oxygens (including phenoxy) is 3. The van der Waals surface area contributed by atoms with Crippen LogP contribution in [-0.4, -0.2) is 83.2 Å². The van der Waals surface area contributed by atoms with Gasteiger partial charge in [0, 0.05) is 56.4 Å². The third kappa shape index (κ3) is 8.74. The second-order valence-corrected chi connectivity index (χ2v) is 10.6. The van der Waals surface area contributed by atoms with Crippen LogP contribution in [0.2, 0.25) is 5.02 Å². The maximum atomic E-state index is 13.2. The number of hydrogen-bond donors (Lipinski definition) is 3. The quantitative estimate of drug-likeness (QED) is 0.371. The topological polar surface area (TPSA) is 101 Å². The van der Waals surface area contributed by atoms with Gasteiger partial charge >= 0.3 is 12.1 Å². The van der Waals surface area contributed by atoms with Crippen molar-refractivity contribution in [2.24, 2.45) is 11.8 Å². The van der Waals surface area contributed by atoms with Crippen molar-refractivity contribution in [2.75, 3.05) is 60.2 Å². The monoisotopic (exact) mass is 538 g/mol. The molecule has 2 aliphatic heterocycles. The number of alkyl carbamates (subject to hydrolysis) is 1. The minimum Gasteiger partial charge on any atom is -0.453 e. The number of nitrogens with zero attached hydrogens (tertiary/aromatic N) is 1. The maximum Gasteiger partial charge on any atom is 0.406 e. The molecule has 10 heteroatoms. The molecule has 0 spiro atoms. The highest BCUT2D eigenvalue weighted by Crippen LogP contribution is 2.39. The zero-order chi connectivity index (χ0) is 26.7. The first kappa shape index (κ1) is 29.5. The summed E-state index contributed by atoms with van der Waals surface area (Å²) in [6.45, 7) is 6.18. The zero-order valence-corrected chi connectivity index (χ0v) is 23.1. The van der Waals surface area contributed by atoms with Crippen LogP contribution in [0.3, 0.4) is 0 Å². The van der Waals surface area contributed by atoms with Gasteiger partial charge < -0.3 is 35.1 Å². The van der Waals surface area contributed by atoms with E-state index in [2.05, 4.69) is 20.7 Å². The van der Waals surface area contributed by atoms with Crippen molar-refractivity contribution >= 4 is 23.7 Å². The summed E-state index contributed by atoms with van der Waals surface area (Å²) in [6.07, 6.45) is 4.57. The normalized spacial score (nSPS) is 22.5. The molecular weight excluding hydrogens is 496 g/mol. The number of piperidine rings is 1. The number of urea groups is 1. The van der Waals surface area contributed by atoms with Gasteiger partial charge in [-0.05, 0) is 69.7 Å². The van der Waals surface area contributed by atoms with Gasteiger partial charge in [-0.3, -0.25) is 0 Å². The second kappa shape index (κ2) is 14.8. The molecule has 0 unspecified atom stereocenters. The number of carbonyl (C=O) groups excluding carboxylic acids is 2. The number of likely N-dealkylation sites (N-methyl/N-ethyl adjacent to an activating group) is 1. The molecule has 2 heterocycles. The maximum absolute atomic E-state index is 13.2. The van der Waals surface area contributed by atoms with Crippen LogP contribution in [0.15, 0.2) is 24.3 Å². The Morgan fingerprint density at radius 1 is 1.27 bits per heavy atom. The van der Waals surface area contributed by atoms with Crippen molar-refractivity contribution in [1.82, 2.24) is 20.9 Å². The number of carbonyl (C=O) groups is 2. The van der Waals surface area contributed by atoms with Crippen LogP contribution >= 0.6 is 11.6 Å². The van der Waals surface area contributed by atoms with Gasteiger partial charge in [0.15, 0.2) is 0 Å². The molecule has 9 nitrogen and oxygen atoms in total.